The highest BCUT2D eigenvalue weighted by Gasteiger charge is 2.31. The molecule has 0 spiro atoms. The molecular weight excluding hydrogens is 458 g/mol. The SMILES string of the molecule is Cc1ccc([N+](=O)[O-])cc1-c1cc(N2CCN(C(=O)OC(C)(C)C)CC2)cc(C(N)=O)c1[N+](=O)[O-]. The maximum Gasteiger partial charge on any atom is 0.410 e. The van der Waals surface area contributed by atoms with E-state index in [1.165, 1.54) is 30.3 Å². The van der Waals surface area contributed by atoms with Gasteiger partial charge in [-0.15, -0.1) is 0 Å². The summed E-state index contributed by atoms with van der Waals surface area (Å²) in [4.78, 5) is 50.0. The number of benzene rings is 2. The third kappa shape index (κ3) is 5.65. The Bertz CT molecular complexity index is 1200. The van der Waals surface area contributed by atoms with Crippen LogP contribution in [0.4, 0.5) is 21.9 Å². The first kappa shape index (κ1) is 25.4. The number of ether oxygens (including phenoxy) is 1. The molecule has 0 atom stereocenters. The van der Waals surface area contributed by atoms with Crippen molar-refractivity contribution in [2.75, 3.05) is 31.1 Å². The van der Waals surface area contributed by atoms with Crippen LogP contribution in [0.5, 0.6) is 0 Å². The van der Waals surface area contributed by atoms with Crippen molar-refractivity contribution >= 4 is 29.1 Å². The van der Waals surface area contributed by atoms with Gasteiger partial charge in [-0.3, -0.25) is 25.0 Å². The van der Waals surface area contributed by atoms with Crippen LogP contribution in [0.15, 0.2) is 30.3 Å². The smallest absolute Gasteiger partial charge is 0.410 e. The summed E-state index contributed by atoms with van der Waals surface area (Å²) in [7, 11) is 0. The van der Waals surface area contributed by atoms with E-state index in [1.807, 2.05) is 4.90 Å². The molecule has 0 bridgehead atoms. The summed E-state index contributed by atoms with van der Waals surface area (Å²) >= 11 is 0. The zero-order chi connectivity index (χ0) is 26.1. The van der Waals surface area contributed by atoms with E-state index in [-0.39, 0.29) is 22.4 Å². The Kier molecular flexibility index (Phi) is 6.94. The van der Waals surface area contributed by atoms with Crippen LogP contribution >= 0.6 is 0 Å². The molecule has 3 rings (SSSR count). The van der Waals surface area contributed by atoms with Crippen LogP contribution in [-0.2, 0) is 4.74 Å². The van der Waals surface area contributed by atoms with E-state index < -0.39 is 33.1 Å². The molecule has 35 heavy (non-hydrogen) atoms. The predicted molar refractivity (Wildman–Crippen MR) is 128 cm³/mol. The second kappa shape index (κ2) is 9.57. The van der Waals surface area contributed by atoms with Gasteiger partial charge in [0.2, 0.25) is 0 Å². The van der Waals surface area contributed by atoms with Crippen LogP contribution in [0.25, 0.3) is 11.1 Å². The van der Waals surface area contributed by atoms with Gasteiger partial charge in [-0.05, 0) is 51.0 Å². The molecule has 1 aliphatic heterocycles. The summed E-state index contributed by atoms with van der Waals surface area (Å²) in [6.07, 6.45) is -0.438. The maximum absolute atomic E-state index is 12.4. The molecule has 1 heterocycles. The van der Waals surface area contributed by atoms with Gasteiger partial charge in [0.15, 0.2) is 0 Å². The number of carbonyl (C=O) groups is 2. The Morgan fingerprint density at radius 3 is 2.11 bits per heavy atom. The number of piperazine rings is 1. The Morgan fingerprint density at radius 2 is 1.60 bits per heavy atom. The van der Waals surface area contributed by atoms with E-state index in [0.29, 0.717) is 37.4 Å². The zero-order valence-corrected chi connectivity index (χ0v) is 19.9. The molecule has 0 saturated carbocycles. The molecule has 1 fully saturated rings. The highest BCUT2D eigenvalue weighted by Crippen LogP contribution is 2.40. The highest BCUT2D eigenvalue weighted by atomic mass is 16.6. The number of nitro groups is 2. The summed E-state index contributed by atoms with van der Waals surface area (Å²) in [5.74, 6) is -0.990. The van der Waals surface area contributed by atoms with Crippen molar-refractivity contribution in [1.82, 2.24) is 4.90 Å². The number of aryl methyl sites for hydroxylation is 1. The van der Waals surface area contributed by atoms with Crippen LogP contribution in [0.2, 0.25) is 0 Å². The van der Waals surface area contributed by atoms with Crippen molar-refractivity contribution in [1.29, 1.82) is 0 Å². The fourth-order valence-corrected chi connectivity index (χ4v) is 3.88. The normalized spacial score (nSPS) is 13.9. The van der Waals surface area contributed by atoms with Crippen molar-refractivity contribution in [3.8, 4) is 11.1 Å². The number of amides is 2. The molecule has 2 N–H and O–H groups in total. The lowest BCUT2D eigenvalue weighted by atomic mass is 9.94. The van der Waals surface area contributed by atoms with E-state index in [2.05, 4.69) is 0 Å². The summed E-state index contributed by atoms with van der Waals surface area (Å²) < 4.78 is 5.41. The highest BCUT2D eigenvalue weighted by molar-refractivity contribution is 6.02. The van der Waals surface area contributed by atoms with Crippen molar-refractivity contribution in [3.05, 3.63) is 61.7 Å². The molecule has 0 unspecified atom stereocenters. The van der Waals surface area contributed by atoms with Crippen molar-refractivity contribution in [2.24, 2.45) is 5.73 Å². The van der Waals surface area contributed by atoms with Crippen LogP contribution < -0.4 is 10.6 Å². The van der Waals surface area contributed by atoms with Crippen LogP contribution in [0.3, 0.4) is 0 Å². The first-order chi connectivity index (χ1) is 16.3. The lowest BCUT2D eigenvalue weighted by molar-refractivity contribution is -0.385. The molecule has 0 aliphatic carbocycles. The van der Waals surface area contributed by atoms with Gasteiger partial charge in [0.25, 0.3) is 17.3 Å². The van der Waals surface area contributed by atoms with Gasteiger partial charge in [-0.1, -0.05) is 6.07 Å². The van der Waals surface area contributed by atoms with E-state index >= 15 is 0 Å². The molecule has 12 nitrogen and oxygen atoms in total. The van der Waals surface area contributed by atoms with Gasteiger partial charge in [-0.2, -0.15) is 0 Å². The maximum atomic E-state index is 12.4. The van der Waals surface area contributed by atoms with E-state index in [0.717, 1.165) is 0 Å². The number of primary amides is 1. The first-order valence-corrected chi connectivity index (χ1v) is 10.9. The number of hydrogen-bond donors (Lipinski definition) is 1. The fraction of sp³-hybridized carbons (Fsp3) is 0.391. The number of nitrogens with two attached hydrogens (primary N) is 1. The zero-order valence-electron chi connectivity index (χ0n) is 19.9. The van der Waals surface area contributed by atoms with Crippen LogP contribution in [-0.4, -0.2) is 58.5 Å². The topological polar surface area (TPSA) is 162 Å². The number of non-ortho nitro benzene ring substituents is 1. The Labute approximate surface area is 201 Å². The Hall–Kier alpha value is -4.22. The standard InChI is InChI=1S/C23H27N5O7/c1-14-5-6-15(27(31)32)11-17(14)18-12-16(13-19(21(24)29)20(18)28(33)34)25-7-9-26(10-8-25)22(30)35-23(2,3)4/h5-6,11-13H,7-10H2,1-4H3,(H2,24,29). The molecule has 186 valence electrons. The quantitative estimate of drug-likeness (QED) is 0.496. The second-order valence-corrected chi connectivity index (χ2v) is 9.22. The van der Waals surface area contributed by atoms with Gasteiger partial charge in [0, 0.05) is 44.0 Å². The minimum atomic E-state index is -0.990. The number of rotatable bonds is 5. The largest absolute Gasteiger partial charge is 0.444 e. The second-order valence-electron chi connectivity index (χ2n) is 9.22. The molecule has 2 aromatic rings. The number of nitro benzene ring substituents is 2. The molecule has 12 heteroatoms. The molecule has 2 amide bonds. The first-order valence-electron chi connectivity index (χ1n) is 10.9. The minimum Gasteiger partial charge on any atom is -0.444 e. The van der Waals surface area contributed by atoms with Crippen molar-refractivity contribution < 1.29 is 24.2 Å². The van der Waals surface area contributed by atoms with Gasteiger partial charge in [0.05, 0.1) is 15.4 Å². The molecular formula is C23H27N5O7. The van der Waals surface area contributed by atoms with Gasteiger partial charge >= 0.3 is 6.09 Å². The lowest BCUT2D eigenvalue weighted by Crippen LogP contribution is -2.50. The predicted octanol–water partition coefficient (Wildman–Crippen LogP) is 3.63. The molecule has 1 saturated heterocycles. The van der Waals surface area contributed by atoms with E-state index in [9.17, 15) is 29.8 Å². The summed E-state index contributed by atoms with van der Waals surface area (Å²) in [6.45, 7) is 8.43. The van der Waals surface area contributed by atoms with Crippen LogP contribution in [0, 0.1) is 27.2 Å². The Morgan fingerprint density at radius 1 is 0.971 bits per heavy atom. The molecule has 2 aromatic carbocycles. The van der Waals surface area contributed by atoms with Crippen molar-refractivity contribution in [3.63, 3.8) is 0 Å². The van der Waals surface area contributed by atoms with Gasteiger partial charge in [-0.25, -0.2) is 4.79 Å². The van der Waals surface area contributed by atoms with Gasteiger partial charge < -0.3 is 20.3 Å². The number of carbonyl (C=O) groups excluding carboxylic acids is 2. The lowest BCUT2D eigenvalue weighted by Gasteiger charge is -2.37. The van der Waals surface area contributed by atoms with Crippen molar-refractivity contribution in [2.45, 2.75) is 33.3 Å². The monoisotopic (exact) mass is 485 g/mol. The molecule has 0 aromatic heterocycles. The number of hydrogen-bond acceptors (Lipinski definition) is 8. The number of anilines is 1. The average molecular weight is 485 g/mol. The third-order valence-corrected chi connectivity index (χ3v) is 5.56. The van der Waals surface area contributed by atoms with Gasteiger partial charge in [0.1, 0.15) is 11.2 Å². The Balaban J connectivity index is 2.04. The van der Waals surface area contributed by atoms with E-state index in [4.69, 9.17) is 10.5 Å². The molecule has 1 aliphatic rings. The van der Waals surface area contributed by atoms with Crippen LogP contribution in [0.1, 0.15) is 36.7 Å². The third-order valence-electron chi connectivity index (χ3n) is 5.56. The van der Waals surface area contributed by atoms with E-state index in [1.54, 1.807) is 32.6 Å². The number of nitrogens with zero attached hydrogens (tertiary/aromatic N) is 4. The summed E-state index contributed by atoms with van der Waals surface area (Å²) in [5.41, 5.74) is 5.15. The summed E-state index contributed by atoms with van der Waals surface area (Å²) in [5, 5.41) is 23.3. The average Bonchev–Trinajstić information content (AvgIpc) is 2.77. The fourth-order valence-electron chi connectivity index (χ4n) is 3.88. The summed E-state index contributed by atoms with van der Waals surface area (Å²) in [6, 6.07) is 6.92. The minimum absolute atomic E-state index is 0.0528. The molecule has 0 radical (unpaired) electrons.